The fraction of sp³-hybridized carbons (Fsp3) is 0.154. The van der Waals surface area contributed by atoms with Crippen LogP contribution in [0.2, 0.25) is 0 Å². The highest BCUT2D eigenvalue weighted by molar-refractivity contribution is 7.13. The molecule has 1 aliphatic heterocycles. The molecule has 3 aromatic carbocycles. The van der Waals surface area contributed by atoms with Crippen molar-refractivity contribution in [3.8, 4) is 33.6 Å². The SMILES string of the molecule is COc1ccc(-c2nc(CC(=O)NC3c4ccccc4Oc4ccccc43)cs2)cc1OC. The minimum atomic E-state index is -0.275. The molecule has 2 heterocycles. The number of benzene rings is 3. The van der Waals surface area contributed by atoms with E-state index in [2.05, 4.69) is 10.3 Å². The molecule has 0 fully saturated rings. The molecule has 0 unspecified atom stereocenters. The molecular weight excluding hydrogens is 436 g/mol. The standard InChI is InChI=1S/C26H22N2O4S/c1-30-22-12-11-16(13-23(22)31-2)26-27-17(15-33-26)14-24(29)28-25-18-7-3-5-9-20(18)32-21-10-6-4-8-19(21)25/h3-13,15,25H,14H2,1-2H3,(H,28,29). The molecular formula is C26H22N2O4S. The van der Waals surface area contributed by atoms with Crippen LogP contribution in [0.3, 0.4) is 0 Å². The van der Waals surface area contributed by atoms with Crippen molar-refractivity contribution in [2.24, 2.45) is 0 Å². The topological polar surface area (TPSA) is 69.7 Å². The summed E-state index contributed by atoms with van der Waals surface area (Å²) in [7, 11) is 3.21. The van der Waals surface area contributed by atoms with Crippen LogP contribution < -0.4 is 19.5 Å². The Morgan fingerprint density at radius 3 is 2.30 bits per heavy atom. The van der Waals surface area contributed by atoms with Crippen LogP contribution >= 0.6 is 11.3 Å². The minimum Gasteiger partial charge on any atom is -0.493 e. The number of nitrogens with zero attached hydrogens (tertiary/aromatic N) is 1. The molecule has 7 heteroatoms. The first kappa shape index (κ1) is 21.0. The lowest BCUT2D eigenvalue weighted by Gasteiger charge is -2.28. The predicted octanol–water partition coefficient (Wildman–Crippen LogP) is 5.38. The fourth-order valence-electron chi connectivity index (χ4n) is 3.93. The third-order valence-electron chi connectivity index (χ3n) is 5.51. The zero-order valence-electron chi connectivity index (χ0n) is 18.2. The second kappa shape index (κ2) is 8.96. The number of carbonyl (C=O) groups is 1. The lowest BCUT2D eigenvalue weighted by atomic mass is 9.94. The number of amides is 1. The van der Waals surface area contributed by atoms with Crippen LogP contribution in [0.1, 0.15) is 22.9 Å². The fourth-order valence-corrected chi connectivity index (χ4v) is 4.75. The average Bonchev–Trinajstić information content (AvgIpc) is 3.31. The van der Waals surface area contributed by atoms with Gasteiger partial charge in [-0.05, 0) is 30.3 Å². The van der Waals surface area contributed by atoms with Gasteiger partial charge in [-0.3, -0.25) is 4.79 Å². The number of nitrogens with one attached hydrogen (secondary N) is 1. The highest BCUT2D eigenvalue weighted by Crippen LogP contribution is 2.42. The lowest BCUT2D eigenvalue weighted by Crippen LogP contribution is -2.32. The van der Waals surface area contributed by atoms with E-state index in [-0.39, 0.29) is 18.4 Å². The third-order valence-corrected chi connectivity index (χ3v) is 6.45. The van der Waals surface area contributed by atoms with Gasteiger partial charge in [0.05, 0.1) is 32.4 Å². The molecule has 0 atom stereocenters. The Balaban J connectivity index is 1.35. The number of ether oxygens (including phenoxy) is 3. The first-order chi connectivity index (χ1) is 16.2. The largest absolute Gasteiger partial charge is 0.493 e. The third kappa shape index (κ3) is 4.15. The average molecular weight is 459 g/mol. The molecule has 0 saturated carbocycles. The molecule has 1 aromatic heterocycles. The molecule has 1 aliphatic rings. The highest BCUT2D eigenvalue weighted by atomic mass is 32.1. The summed E-state index contributed by atoms with van der Waals surface area (Å²) in [5.74, 6) is 2.71. The summed E-state index contributed by atoms with van der Waals surface area (Å²) in [6, 6.07) is 20.9. The number of aromatic nitrogens is 1. The first-order valence-electron chi connectivity index (χ1n) is 10.5. The molecule has 5 rings (SSSR count). The number of hydrogen-bond acceptors (Lipinski definition) is 6. The normalized spacial score (nSPS) is 12.3. The van der Waals surface area contributed by atoms with E-state index in [9.17, 15) is 4.79 Å². The quantitative estimate of drug-likeness (QED) is 0.420. The Morgan fingerprint density at radius 2 is 1.64 bits per heavy atom. The van der Waals surface area contributed by atoms with Gasteiger partial charge in [0.2, 0.25) is 5.91 Å². The summed E-state index contributed by atoms with van der Waals surface area (Å²) >= 11 is 1.49. The van der Waals surface area contributed by atoms with Crippen LogP contribution in [0, 0.1) is 0 Å². The van der Waals surface area contributed by atoms with E-state index in [1.807, 2.05) is 72.1 Å². The van der Waals surface area contributed by atoms with Crippen molar-refractivity contribution in [2.45, 2.75) is 12.5 Å². The molecule has 0 bridgehead atoms. The van der Waals surface area contributed by atoms with Gasteiger partial charge in [0.25, 0.3) is 0 Å². The number of methoxy groups -OCH3 is 2. The second-order valence-corrected chi connectivity index (χ2v) is 8.43. The zero-order chi connectivity index (χ0) is 22.8. The Morgan fingerprint density at radius 1 is 0.970 bits per heavy atom. The zero-order valence-corrected chi connectivity index (χ0v) is 19.0. The summed E-state index contributed by atoms with van der Waals surface area (Å²) in [5.41, 5.74) is 3.51. The van der Waals surface area contributed by atoms with E-state index in [4.69, 9.17) is 14.2 Å². The van der Waals surface area contributed by atoms with Crippen molar-refractivity contribution in [3.63, 3.8) is 0 Å². The van der Waals surface area contributed by atoms with E-state index in [1.54, 1.807) is 14.2 Å². The summed E-state index contributed by atoms with van der Waals surface area (Å²) < 4.78 is 16.7. The Hall–Kier alpha value is -3.84. The van der Waals surface area contributed by atoms with Crippen molar-refractivity contribution in [3.05, 3.63) is 88.9 Å². The molecule has 33 heavy (non-hydrogen) atoms. The Bertz CT molecular complexity index is 1270. The van der Waals surface area contributed by atoms with E-state index < -0.39 is 0 Å². The predicted molar refractivity (Wildman–Crippen MR) is 127 cm³/mol. The van der Waals surface area contributed by atoms with Gasteiger partial charge >= 0.3 is 0 Å². The van der Waals surface area contributed by atoms with Crippen LogP contribution in [0.25, 0.3) is 10.6 Å². The van der Waals surface area contributed by atoms with Gasteiger partial charge in [-0.2, -0.15) is 0 Å². The van der Waals surface area contributed by atoms with Gasteiger partial charge in [-0.1, -0.05) is 36.4 Å². The van der Waals surface area contributed by atoms with Crippen molar-refractivity contribution in [1.82, 2.24) is 10.3 Å². The van der Waals surface area contributed by atoms with Crippen LogP contribution in [0.5, 0.6) is 23.0 Å². The monoisotopic (exact) mass is 458 g/mol. The summed E-state index contributed by atoms with van der Waals surface area (Å²) in [6.45, 7) is 0. The van der Waals surface area contributed by atoms with Crippen LogP contribution in [0.15, 0.2) is 72.1 Å². The minimum absolute atomic E-state index is 0.101. The van der Waals surface area contributed by atoms with E-state index in [0.29, 0.717) is 11.5 Å². The van der Waals surface area contributed by atoms with E-state index in [1.165, 1.54) is 11.3 Å². The van der Waals surface area contributed by atoms with Crippen LogP contribution in [-0.2, 0) is 11.2 Å². The first-order valence-corrected chi connectivity index (χ1v) is 11.4. The maximum absolute atomic E-state index is 13.0. The lowest BCUT2D eigenvalue weighted by molar-refractivity contribution is -0.121. The number of para-hydroxylation sites is 2. The molecule has 0 spiro atoms. The number of fused-ring (bicyclic) bond motifs is 2. The molecule has 4 aromatic rings. The van der Waals surface area contributed by atoms with Crippen molar-refractivity contribution < 1.29 is 19.0 Å². The van der Waals surface area contributed by atoms with Gasteiger partial charge in [0.1, 0.15) is 16.5 Å². The van der Waals surface area contributed by atoms with Crippen molar-refractivity contribution >= 4 is 17.2 Å². The highest BCUT2D eigenvalue weighted by Gasteiger charge is 2.28. The van der Waals surface area contributed by atoms with Gasteiger partial charge in [0, 0.05) is 22.1 Å². The molecule has 0 radical (unpaired) electrons. The Kier molecular flexibility index (Phi) is 5.71. The molecule has 0 aliphatic carbocycles. The second-order valence-electron chi connectivity index (χ2n) is 7.57. The van der Waals surface area contributed by atoms with Gasteiger partial charge in [-0.25, -0.2) is 4.98 Å². The number of carbonyl (C=O) groups excluding carboxylic acids is 1. The van der Waals surface area contributed by atoms with Gasteiger partial charge in [0.15, 0.2) is 11.5 Å². The number of rotatable bonds is 6. The molecule has 166 valence electrons. The van der Waals surface area contributed by atoms with Crippen molar-refractivity contribution in [1.29, 1.82) is 0 Å². The smallest absolute Gasteiger partial charge is 0.226 e. The Labute approximate surface area is 195 Å². The van der Waals surface area contributed by atoms with E-state index in [0.717, 1.165) is 38.9 Å². The van der Waals surface area contributed by atoms with Crippen LogP contribution in [-0.4, -0.2) is 25.1 Å². The van der Waals surface area contributed by atoms with Crippen molar-refractivity contribution in [2.75, 3.05) is 14.2 Å². The molecule has 1 N–H and O–H groups in total. The van der Waals surface area contributed by atoms with Crippen LogP contribution in [0.4, 0.5) is 0 Å². The molecule has 6 nitrogen and oxygen atoms in total. The molecule has 0 saturated heterocycles. The maximum Gasteiger partial charge on any atom is 0.226 e. The van der Waals surface area contributed by atoms with Gasteiger partial charge < -0.3 is 19.5 Å². The summed E-state index contributed by atoms with van der Waals surface area (Å²) in [6.07, 6.45) is 0.186. The number of thiazole rings is 1. The number of hydrogen-bond donors (Lipinski definition) is 1. The molecule has 1 amide bonds. The van der Waals surface area contributed by atoms with Gasteiger partial charge in [-0.15, -0.1) is 11.3 Å². The van der Waals surface area contributed by atoms with E-state index >= 15 is 0 Å². The summed E-state index contributed by atoms with van der Waals surface area (Å²) in [5, 5.41) is 5.91. The summed E-state index contributed by atoms with van der Waals surface area (Å²) in [4.78, 5) is 17.7. The maximum atomic E-state index is 13.0.